The highest BCUT2D eigenvalue weighted by Gasteiger charge is 2.14. The normalized spacial score (nSPS) is 11.6. The molecule has 1 unspecified atom stereocenters. The number of hydrogen-bond donors (Lipinski definition) is 5. The average molecular weight is 351 g/mol. The number of nitrogens with two attached hydrogens (primary N) is 2. The van der Waals surface area contributed by atoms with Gasteiger partial charge in [-0.15, -0.1) is 0 Å². The molecule has 1 rings (SSSR count). The van der Waals surface area contributed by atoms with E-state index in [4.69, 9.17) is 11.5 Å². The molecule has 9 nitrogen and oxygen atoms in total. The molecule has 25 heavy (non-hydrogen) atoms. The summed E-state index contributed by atoms with van der Waals surface area (Å²) in [4.78, 5) is 34.5. The van der Waals surface area contributed by atoms with Crippen LogP contribution in [0, 0.1) is 5.92 Å². The van der Waals surface area contributed by atoms with Gasteiger partial charge in [0.25, 0.3) is 11.8 Å². The molecule has 0 radical (unpaired) electrons. The Balaban J connectivity index is 2.32. The van der Waals surface area contributed by atoms with Crippen LogP contribution in [0.3, 0.4) is 0 Å². The molecule has 1 heterocycles. The predicted octanol–water partition coefficient (Wildman–Crippen LogP) is 0.359. The summed E-state index contributed by atoms with van der Waals surface area (Å²) in [7, 11) is 0. The van der Waals surface area contributed by atoms with Gasteiger partial charge in [0.05, 0.1) is 6.20 Å². The van der Waals surface area contributed by atoms with E-state index in [2.05, 4.69) is 39.4 Å². The minimum absolute atomic E-state index is 0.0662. The Labute approximate surface area is 148 Å². The summed E-state index contributed by atoms with van der Waals surface area (Å²) in [5, 5.41) is 5.55. The van der Waals surface area contributed by atoms with Gasteiger partial charge >= 0.3 is 0 Å². The van der Waals surface area contributed by atoms with Gasteiger partial charge in [-0.05, 0) is 25.2 Å². The number of nitrogens with one attached hydrogen (secondary N) is 3. The quantitative estimate of drug-likeness (QED) is 0.221. The number of H-pyrrole nitrogens is 1. The molecule has 140 valence electrons. The van der Waals surface area contributed by atoms with Crippen molar-refractivity contribution in [1.82, 2.24) is 20.6 Å². The number of guanidine groups is 1. The SMILES string of the molecule is CCC(C)CCNC(=O)c1ncc(C(=O)NCCCCN=C(N)N)[nH]1. The lowest BCUT2D eigenvalue weighted by molar-refractivity contribution is 0.0942. The van der Waals surface area contributed by atoms with Crippen molar-refractivity contribution >= 4 is 17.8 Å². The summed E-state index contributed by atoms with van der Waals surface area (Å²) in [5.41, 5.74) is 10.7. The fourth-order valence-electron chi connectivity index (χ4n) is 2.01. The predicted molar refractivity (Wildman–Crippen MR) is 97.2 cm³/mol. The number of aromatic amines is 1. The molecule has 2 amide bonds. The monoisotopic (exact) mass is 351 g/mol. The number of hydrogen-bond acceptors (Lipinski definition) is 4. The highest BCUT2D eigenvalue weighted by molar-refractivity contribution is 5.95. The summed E-state index contributed by atoms with van der Waals surface area (Å²) in [5.74, 6) is 0.163. The Morgan fingerprint density at radius 2 is 1.96 bits per heavy atom. The second kappa shape index (κ2) is 11.1. The zero-order valence-corrected chi connectivity index (χ0v) is 15.0. The summed E-state index contributed by atoms with van der Waals surface area (Å²) in [6.07, 6.45) is 4.87. The molecule has 0 saturated carbocycles. The summed E-state index contributed by atoms with van der Waals surface area (Å²) in [6, 6.07) is 0. The van der Waals surface area contributed by atoms with Crippen molar-refractivity contribution in [3.05, 3.63) is 17.7 Å². The van der Waals surface area contributed by atoms with Gasteiger partial charge in [-0.3, -0.25) is 14.6 Å². The third-order valence-electron chi connectivity index (χ3n) is 3.82. The van der Waals surface area contributed by atoms with Crippen molar-refractivity contribution in [2.75, 3.05) is 19.6 Å². The first-order valence-corrected chi connectivity index (χ1v) is 8.60. The minimum Gasteiger partial charge on any atom is -0.370 e. The Morgan fingerprint density at radius 1 is 1.24 bits per heavy atom. The smallest absolute Gasteiger partial charge is 0.287 e. The fourth-order valence-corrected chi connectivity index (χ4v) is 2.01. The molecule has 0 aromatic carbocycles. The molecule has 0 spiro atoms. The molecule has 0 bridgehead atoms. The molecule has 1 aromatic heterocycles. The fraction of sp³-hybridized carbons (Fsp3) is 0.625. The number of aromatic nitrogens is 2. The van der Waals surface area contributed by atoms with Gasteiger partial charge in [-0.1, -0.05) is 20.3 Å². The molecule has 0 aliphatic heterocycles. The number of imidazole rings is 1. The third-order valence-corrected chi connectivity index (χ3v) is 3.82. The second-order valence-electron chi connectivity index (χ2n) is 5.97. The van der Waals surface area contributed by atoms with Crippen LogP contribution in [0.15, 0.2) is 11.2 Å². The first-order valence-electron chi connectivity index (χ1n) is 8.60. The summed E-state index contributed by atoms with van der Waals surface area (Å²) >= 11 is 0. The number of aliphatic imine (C=N–C) groups is 1. The van der Waals surface area contributed by atoms with E-state index < -0.39 is 0 Å². The third kappa shape index (κ3) is 8.18. The lowest BCUT2D eigenvalue weighted by Gasteiger charge is -2.08. The minimum atomic E-state index is -0.306. The van der Waals surface area contributed by atoms with E-state index in [1.165, 1.54) is 6.20 Å². The van der Waals surface area contributed by atoms with Crippen LogP contribution in [0.4, 0.5) is 0 Å². The molecule has 9 heteroatoms. The van der Waals surface area contributed by atoms with Gasteiger partial charge in [0, 0.05) is 19.6 Å². The highest BCUT2D eigenvalue weighted by atomic mass is 16.2. The van der Waals surface area contributed by atoms with E-state index >= 15 is 0 Å². The van der Waals surface area contributed by atoms with Crippen LogP contribution >= 0.6 is 0 Å². The largest absolute Gasteiger partial charge is 0.370 e. The van der Waals surface area contributed by atoms with Crippen LogP contribution in [-0.2, 0) is 0 Å². The number of carbonyl (C=O) groups excluding carboxylic acids is 2. The Morgan fingerprint density at radius 3 is 2.64 bits per heavy atom. The molecule has 0 saturated heterocycles. The van der Waals surface area contributed by atoms with E-state index in [9.17, 15) is 9.59 Å². The number of nitrogens with zero attached hydrogens (tertiary/aromatic N) is 2. The van der Waals surface area contributed by atoms with Crippen LogP contribution in [-0.4, -0.2) is 47.4 Å². The van der Waals surface area contributed by atoms with Crippen LogP contribution < -0.4 is 22.1 Å². The van der Waals surface area contributed by atoms with Gasteiger partial charge in [-0.2, -0.15) is 0 Å². The van der Waals surface area contributed by atoms with Crippen molar-refractivity contribution in [1.29, 1.82) is 0 Å². The maximum absolute atomic E-state index is 12.0. The molecule has 1 aromatic rings. The molecule has 1 atom stereocenters. The van der Waals surface area contributed by atoms with Gasteiger partial charge in [0.1, 0.15) is 5.69 Å². The van der Waals surface area contributed by atoms with E-state index in [0.29, 0.717) is 25.6 Å². The second-order valence-corrected chi connectivity index (χ2v) is 5.97. The summed E-state index contributed by atoms with van der Waals surface area (Å²) < 4.78 is 0. The van der Waals surface area contributed by atoms with Crippen molar-refractivity contribution in [2.45, 2.75) is 39.5 Å². The topological polar surface area (TPSA) is 151 Å². The first-order chi connectivity index (χ1) is 11.9. The molecular weight excluding hydrogens is 322 g/mol. The van der Waals surface area contributed by atoms with Crippen LogP contribution in [0.5, 0.6) is 0 Å². The summed E-state index contributed by atoms with van der Waals surface area (Å²) in [6.45, 7) is 5.87. The Hall–Kier alpha value is -2.58. The van der Waals surface area contributed by atoms with E-state index in [1.807, 2.05) is 0 Å². The van der Waals surface area contributed by atoms with Crippen molar-refractivity contribution < 1.29 is 9.59 Å². The molecule has 0 aliphatic rings. The van der Waals surface area contributed by atoms with E-state index in [0.717, 1.165) is 25.7 Å². The van der Waals surface area contributed by atoms with Crippen molar-refractivity contribution in [3.8, 4) is 0 Å². The van der Waals surface area contributed by atoms with Crippen molar-refractivity contribution in [3.63, 3.8) is 0 Å². The van der Waals surface area contributed by atoms with Crippen molar-refractivity contribution in [2.24, 2.45) is 22.4 Å². The maximum atomic E-state index is 12.0. The number of rotatable bonds is 11. The molecular formula is C16H29N7O2. The first kappa shape index (κ1) is 20.5. The zero-order valence-electron chi connectivity index (χ0n) is 15.0. The van der Waals surface area contributed by atoms with E-state index in [1.54, 1.807) is 0 Å². The number of carbonyl (C=O) groups is 2. The van der Waals surface area contributed by atoms with Crippen LogP contribution in [0.2, 0.25) is 0 Å². The standard InChI is InChI=1S/C16H29N7O2/c1-3-11(2)6-9-20-15(25)13-22-10-12(23-13)14(24)19-7-4-5-8-21-16(17)18/h10-11H,3-9H2,1-2H3,(H,19,24)(H,20,25)(H,22,23)(H4,17,18,21). The van der Waals surface area contributed by atoms with Crippen LogP contribution in [0.25, 0.3) is 0 Å². The van der Waals surface area contributed by atoms with Gasteiger partial charge in [0.2, 0.25) is 0 Å². The van der Waals surface area contributed by atoms with Gasteiger partial charge < -0.3 is 27.1 Å². The maximum Gasteiger partial charge on any atom is 0.287 e. The molecule has 7 N–H and O–H groups in total. The lowest BCUT2D eigenvalue weighted by atomic mass is 10.1. The van der Waals surface area contributed by atoms with Gasteiger partial charge in [-0.25, -0.2) is 4.98 Å². The molecule has 0 fully saturated rings. The van der Waals surface area contributed by atoms with E-state index in [-0.39, 0.29) is 29.3 Å². The highest BCUT2D eigenvalue weighted by Crippen LogP contribution is 2.05. The lowest BCUT2D eigenvalue weighted by Crippen LogP contribution is -2.27. The Bertz CT molecular complexity index is 579. The molecule has 0 aliphatic carbocycles. The number of unbranched alkanes of at least 4 members (excludes halogenated alkanes) is 1. The number of amides is 2. The van der Waals surface area contributed by atoms with Gasteiger partial charge in [0.15, 0.2) is 11.8 Å². The average Bonchev–Trinajstić information content (AvgIpc) is 3.07. The van der Waals surface area contributed by atoms with Crippen LogP contribution in [0.1, 0.15) is 60.6 Å². The zero-order chi connectivity index (χ0) is 18.7. The Kier molecular flexibility index (Phi) is 9.05.